The van der Waals surface area contributed by atoms with Gasteiger partial charge in [0, 0.05) is 30.7 Å². The number of carbonyl (C=O) groups excluding carboxylic acids is 1. The van der Waals surface area contributed by atoms with Crippen LogP contribution in [0.5, 0.6) is 0 Å². The first-order valence-corrected chi connectivity index (χ1v) is 8.76. The third-order valence-corrected chi connectivity index (χ3v) is 4.90. The third kappa shape index (κ3) is 3.27. The zero-order valence-electron chi connectivity index (χ0n) is 14.3. The molecule has 1 saturated heterocycles. The van der Waals surface area contributed by atoms with E-state index < -0.39 is 0 Å². The summed E-state index contributed by atoms with van der Waals surface area (Å²) >= 11 is 0. The SMILES string of the molecule is Cc1cc(C(=O)N2CCC[C@H](Cc3cccc4ncccc34)C2)no1. The van der Waals surface area contributed by atoms with Gasteiger partial charge in [-0.25, -0.2) is 0 Å². The van der Waals surface area contributed by atoms with E-state index in [2.05, 4.69) is 28.3 Å². The molecule has 3 aromatic rings. The van der Waals surface area contributed by atoms with Crippen molar-refractivity contribution in [2.45, 2.75) is 26.2 Å². The molecule has 5 heteroatoms. The minimum Gasteiger partial charge on any atom is -0.361 e. The molecular weight excluding hydrogens is 314 g/mol. The fraction of sp³-hybridized carbons (Fsp3) is 0.350. The molecule has 2 aromatic heterocycles. The molecule has 5 nitrogen and oxygen atoms in total. The Morgan fingerprint density at radius 1 is 1.32 bits per heavy atom. The van der Waals surface area contributed by atoms with Crippen molar-refractivity contribution in [1.82, 2.24) is 15.0 Å². The number of aryl methyl sites for hydroxylation is 1. The van der Waals surface area contributed by atoms with E-state index in [0.29, 0.717) is 17.4 Å². The number of carbonyl (C=O) groups is 1. The lowest BCUT2D eigenvalue weighted by molar-refractivity contribution is 0.0663. The van der Waals surface area contributed by atoms with Crippen LogP contribution < -0.4 is 0 Å². The van der Waals surface area contributed by atoms with Crippen LogP contribution in [0, 0.1) is 12.8 Å². The van der Waals surface area contributed by atoms with Crippen LogP contribution in [0.1, 0.15) is 34.7 Å². The van der Waals surface area contributed by atoms with Crippen molar-refractivity contribution in [3.8, 4) is 0 Å². The van der Waals surface area contributed by atoms with Gasteiger partial charge in [-0.2, -0.15) is 0 Å². The molecule has 3 heterocycles. The summed E-state index contributed by atoms with van der Waals surface area (Å²) < 4.78 is 5.04. The Labute approximate surface area is 146 Å². The topological polar surface area (TPSA) is 59.2 Å². The van der Waals surface area contributed by atoms with Gasteiger partial charge in [-0.1, -0.05) is 23.4 Å². The van der Waals surface area contributed by atoms with E-state index in [1.54, 1.807) is 13.0 Å². The van der Waals surface area contributed by atoms with Crippen LogP contribution in [0.15, 0.2) is 47.1 Å². The molecule has 0 unspecified atom stereocenters. The van der Waals surface area contributed by atoms with Crippen LogP contribution >= 0.6 is 0 Å². The number of likely N-dealkylation sites (tertiary alicyclic amines) is 1. The van der Waals surface area contributed by atoms with Gasteiger partial charge in [0.05, 0.1) is 5.52 Å². The van der Waals surface area contributed by atoms with E-state index in [-0.39, 0.29) is 5.91 Å². The molecule has 1 atom stereocenters. The fourth-order valence-corrected chi connectivity index (χ4v) is 3.70. The van der Waals surface area contributed by atoms with Crippen LogP contribution in [-0.4, -0.2) is 34.0 Å². The highest BCUT2D eigenvalue weighted by atomic mass is 16.5. The van der Waals surface area contributed by atoms with Gasteiger partial charge in [0.1, 0.15) is 5.76 Å². The second-order valence-corrected chi connectivity index (χ2v) is 6.77. The summed E-state index contributed by atoms with van der Waals surface area (Å²) in [6, 6.07) is 12.1. The van der Waals surface area contributed by atoms with E-state index in [1.165, 1.54) is 10.9 Å². The van der Waals surface area contributed by atoms with Gasteiger partial charge in [0.25, 0.3) is 5.91 Å². The first kappa shape index (κ1) is 15.8. The molecular formula is C20H21N3O2. The molecule has 0 aliphatic carbocycles. The normalized spacial score (nSPS) is 17.8. The van der Waals surface area contributed by atoms with Gasteiger partial charge in [0.15, 0.2) is 5.69 Å². The quantitative estimate of drug-likeness (QED) is 0.733. The standard InChI is InChI=1S/C20H21N3O2/c1-14-11-19(22-25-14)20(24)23-10-4-5-15(13-23)12-16-6-2-8-18-17(16)7-3-9-21-18/h2-3,6-9,11,15H,4-5,10,12-13H2,1H3/t15-/m1/s1. The van der Waals surface area contributed by atoms with Crippen molar-refractivity contribution in [1.29, 1.82) is 0 Å². The highest BCUT2D eigenvalue weighted by molar-refractivity contribution is 5.92. The summed E-state index contributed by atoms with van der Waals surface area (Å²) in [5.74, 6) is 1.10. The molecule has 0 saturated carbocycles. The van der Waals surface area contributed by atoms with Gasteiger partial charge >= 0.3 is 0 Å². The number of amides is 1. The van der Waals surface area contributed by atoms with E-state index in [4.69, 9.17) is 4.52 Å². The number of piperidine rings is 1. The van der Waals surface area contributed by atoms with Crippen molar-refractivity contribution in [2.24, 2.45) is 5.92 Å². The zero-order valence-corrected chi connectivity index (χ0v) is 14.3. The monoisotopic (exact) mass is 335 g/mol. The summed E-state index contributed by atoms with van der Waals surface area (Å²) in [6.45, 7) is 3.36. The Morgan fingerprint density at radius 2 is 2.24 bits per heavy atom. The maximum absolute atomic E-state index is 12.6. The molecule has 25 heavy (non-hydrogen) atoms. The minimum absolute atomic E-state index is 0.0267. The average molecular weight is 335 g/mol. The molecule has 0 spiro atoms. The van der Waals surface area contributed by atoms with Crippen molar-refractivity contribution in [2.75, 3.05) is 13.1 Å². The summed E-state index contributed by atoms with van der Waals surface area (Å²) in [5, 5.41) is 5.08. The van der Waals surface area contributed by atoms with Crippen LogP contribution in [0.4, 0.5) is 0 Å². The molecule has 128 valence electrons. The number of rotatable bonds is 3. The lowest BCUT2D eigenvalue weighted by atomic mass is 9.89. The Balaban J connectivity index is 1.50. The number of aromatic nitrogens is 2. The summed E-state index contributed by atoms with van der Waals surface area (Å²) in [7, 11) is 0. The van der Waals surface area contributed by atoms with Crippen molar-refractivity contribution < 1.29 is 9.32 Å². The average Bonchev–Trinajstić information content (AvgIpc) is 3.08. The van der Waals surface area contributed by atoms with E-state index in [1.807, 2.05) is 23.2 Å². The number of hydrogen-bond acceptors (Lipinski definition) is 4. The first-order chi connectivity index (χ1) is 12.2. The molecule has 1 fully saturated rings. The molecule has 0 N–H and O–H groups in total. The lowest BCUT2D eigenvalue weighted by Crippen LogP contribution is -2.40. The third-order valence-electron chi connectivity index (χ3n) is 4.90. The minimum atomic E-state index is -0.0267. The van der Waals surface area contributed by atoms with Gasteiger partial charge in [0.2, 0.25) is 0 Å². The van der Waals surface area contributed by atoms with Crippen molar-refractivity contribution >= 4 is 16.8 Å². The highest BCUT2D eigenvalue weighted by Crippen LogP contribution is 2.25. The molecule has 0 bridgehead atoms. The molecule has 1 aromatic carbocycles. The predicted octanol–water partition coefficient (Wildman–Crippen LogP) is 3.63. The van der Waals surface area contributed by atoms with Crippen LogP contribution in [-0.2, 0) is 6.42 Å². The van der Waals surface area contributed by atoms with Crippen LogP contribution in [0.25, 0.3) is 10.9 Å². The van der Waals surface area contributed by atoms with E-state index in [0.717, 1.165) is 37.9 Å². The largest absolute Gasteiger partial charge is 0.361 e. The Bertz CT molecular complexity index is 897. The smallest absolute Gasteiger partial charge is 0.276 e. The Morgan fingerprint density at radius 3 is 3.08 bits per heavy atom. The van der Waals surface area contributed by atoms with E-state index >= 15 is 0 Å². The Hall–Kier alpha value is -2.69. The molecule has 4 rings (SSSR count). The summed E-state index contributed by atoms with van der Waals surface area (Å²) in [6.07, 6.45) is 4.95. The van der Waals surface area contributed by atoms with E-state index in [9.17, 15) is 4.79 Å². The molecule has 1 amide bonds. The molecule has 1 aliphatic rings. The van der Waals surface area contributed by atoms with Crippen molar-refractivity contribution in [3.63, 3.8) is 0 Å². The second-order valence-electron chi connectivity index (χ2n) is 6.77. The van der Waals surface area contributed by atoms with Gasteiger partial charge in [-0.15, -0.1) is 0 Å². The zero-order chi connectivity index (χ0) is 17.2. The number of hydrogen-bond donors (Lipinski definition) is 0. The second kappa shape index (κ2) is 6.67. The number of fused-ring (bicyclic) bond motifs is 1. The fourth-order valence-electron chi connectivity index (χ4n) is 3.70. The van der Waals surface area contributed by atoms with Gasteiger partial charge < -0.3 is 9.42 Å². The number of pyridine rings is 1. The highest BCUT2D eigenvalue weighted by Gasteiger charge is 2.26. The summed E-state index contributed by atoms with van der Waals surface area (Å²) in [5.41, 5.74) is 2.75. The van der Waals surface area contributed by atoms with Crippen molar-refractivity contribution in [3.05, 3.63) is 59.6 Å². The van der Waals surface area contributed by atoms with Crippen LogP contribution in [0.3, 0.4) is 0 Å². The first-order valence-electron chi connectivity index (χ1n) is 8.76. The Kier molecular flexibility index (Phi) is 4.22. The van der Waals surface area contributed by atoms with Crippen LogP contribution in [0.2, 0.25) is 0 Å². The number of nitrogens with zero attached hydrogens (tertiary/aromatic N) is 3. The number of benzene rings is 1. The predicted molar refractivity (Wildman–Crippen MR) is 95.3 cm³/mol. The summed E-state index contributed by atoms with van der Waals surface area (Å²) in [4.78, 5) is 19.0. The maximum atomic E-state index is 12.6. The maximum Gasteiger partial charge on any atom is 0.276 e. The molecule has 0 radical (unpaired) electrons. The molecule has 1 aliphatic heterocycles. The van der Waals surface area contributed by atoms with Gasteiger partial charge in [-0.05, 0) is 49.8 Å². The van der Waals surface area contributed by atoms with Gasteiger partial charge in [-0.3, -0.25) is 9.78 Å². The lowest BCUT2D eigenvalue weighted by Gasteiger charge is -2.32.